The van der Waals surface area contributed by atoms with Gasteiger partial charge in [-0.1, -0.05) is 164 Å². The fraction of sp³-hybridized carbons (Fsp3) is 0. The zero-order valence-corrected chi connectivity index (χ0v) is 30.3. The summed E-state index contributed by atoms with van der Waals surface area (Å²) >= 11 is 0. The lowest BCUT2D eigenvalue weighted by atomic mass is 9.99. The van der Waals surface area contributed by atoms with Gasteiger partial charge in [0.15, 0.2) is 11.6 Å². The molecule has 0 spiro atoms. The van der Waals surface area contributed by atoms with E-state index in [2.05, 4.69) is 185 Å². The Kier molecular flexibility index (Phi) is 7.42. The van der Waals surface area contributed by atoms with Gasteiger partial charge >= 0.3 is 0 Å². The molecule has 0 aliphatic rings. The Bertz CT molecular complexity index is 3220. The van der Waals surface area contributed by atoms with Crippen LogP contribution in [0.2, 0.25) is 0 Å². The van der Waals surface area contributed by atoms with Crippen molar-refractivity contribution in [2.45, 2.75) is 0 Å². The predicted molar refractivity (Wildman–Crippen MR) is 230 cm³/mol. The highest BCUT2D eigenvalue weighted by Crippen LogP contribution is 2.42. The van der Waals surface area contributed by atoms with Gasteiger partial charge in [0, 0.05) is 38.4 Å². The molecule has 0 aliphatic carbocycles. The topological polar surface area (TPSA) is 48.5 Å². The van der Waals surface area contributed by atoms with E-state index in [1.54, 1.807) is 0 Å². The van der Waals surface area contributed by atoms with Crippen LogP contribution in [0.4, 0.5) is 0 Å². The maximum atomic E-state index is 5.35. The summed E-state index contributed by atoms with van der Waals surface area (Å²) in [6.45, 7) is 0. The van der Waals surface area contributed by atoms with Crippen LogP contribution in [0.25, 0.3) is 100 Å². The molecule has 262 valence electrons. The zero-order chi connectivity index (χ0) is 37.0. The Morgan fingerprint density at radius 2 is 0.821 bits per heavy atom. The Morgan fingerprint density at radius 3 is 1.54 bits per heavy atom. The van der Waals surface area contributed by atoms with Crippen LogP contribution < -0.4 is 0 Å². The predicted octanol–water partition coefficient (Wildman–Crippen LogP) is 12.7. The van der Waals surface area contributed by atoms with Gasteiger partial charge in [0.1, 0.15) is 0 Å². The van der Waals surface area contributed by atoms with Gasteiger partial charge in [-0.3, -0.25) is 4.57 Å². The SMILES string of the molecule is c1ccc(-c2ccc(-c3cccc(-c4nc(-c5ccccc5)nc(-n5c6ccccc6c6ccc7c(c8ccccc8n7-c7ccccc7)c65)n4)c3)cc2)cc1. The molecule has 0 unspecified atom stereocenters. The Labute approximate surface area is 323 Å². The minimum atomic E-state index is 0.571. The van der Waals surface area contributed by atoms with Crippen molar-refractivity contribution in [1.29, 1.82) is 0 Å². The molecule has 3 heterocycles. The molecule has 0 amide bonds. The molecule has 5 heteroatoms. The Balaban J connectivity index is 1.16. The molecule has 0 bridgehead atoms. The monoisotopic (exact) mass is 715 g/mol. The summed E-state index contributed by atoms with van der Waals surface area (Å²) in [6, 6.07) is 70.3. The first kappa shape index (κ1) is 31.9. The van der Waals surface area contributed by atoms with Crippen molar-refractivity contribution in [2.75, 3.05) is 0 Å². The smallest absolute Gasteiger partial charge is 0.238 e. The molecule has 0 aliphatic heterocycles. The van der Waals surface area contributed by atoms with Crippen LogP contribution in [0.15, 0.2) is 200 Å². The number of aromatic nitrogens is 5. The van der Waals surface area contributed by atoms with E-state index in [-0.39, 0.29) is 0 Å². The van der Waals surface area contributed by atoms with E-state index in [1.807, 2.05) is 24.3 Å². The lowest BCUT2D eigenvalue weighted by Gasteiger charge is -2.12. The summed E-state index contributed by atoms with van der Waals surface area (Å²) < 4.78 is 4.61. The molecule has 3 aromatic heterocycles. The number of hydrogen-bond acceptors (Lipinski definition) is 3. The molecular weight excluding hydrogens is 683 g/mol. The van der Waals surface area contributed by atoms with Crippen molar-refractivity contribution < 1.29 is 0 Å². The van der Waals surface area contributed by atoms with E-state index in [0.29, 0.717) is 17.6 Å². The Morgan fingerprint density at radius 1 is 0.304 bits per heavy atom. The summed E-state index contributed by atoms with van der Waals surface area (Å²) in [7, 11) is 0. The van der Waals surface area contributed by atoms with Crippen molar-refractivity contribution in [3.63, 3.8) is 0 Å². The van der Waals surface area contributed by atoms with Crippen LogP contribution in [0.3, 0.4) is 0 Å². The van der Waals surface area contributed by atoms with Gasteiger partial charge < -0.3 is 4.57 Å². The second-order valence-corrected chi connectivity index (χ2v) is 14.1. The maximum absolute atomic E-state index is 5.35. The highest BCUT2D eigenvalue weighted by molar-refractivity contribution is 6.26. The second-order valence-electron chi connectivity index (χ2n) is 14.1. The van der Waals surface area contributed by atoms with Gasteiger partial charge in [-0.15, -0.1) is 0 Å². The molecular formula is C51H33N5. The number of hydrogen-bond donors (Lipinski definition) is 0. The van der Waals surface area contributed by atoms with E-state index in [0.717, 1.165) is 66.2 Å². The fourth-order valence-corrected chi connectivity index (χ4v) is 8.21. The van der Waals surface area contributed by atoms with Gasteiger partial charge in [0.2, 0.25) is 5.95 Å². The first-order chi connectivity index (χ1) is 27.8. The van der Waals surface area contributed by atoms with Crippen LogP contribution in [0.5, 0.6) is 0 Å². The van der Waals surface area contributed by atoms with E-state index < -0.39 is 0 Å². The highest BCUT2D eigenvalue weighted by Gasteiger charge is 2.23. The second kappa shape index (κ2) is 13.0. The number of rotatable bonds is 6. The maximum Gasteiger partial charge on any atom is 0.238 e. The van der Waals surface area contributed by atoms with Gasteiger partial charge in [0.25, 0.3) is 0 Å². The van der Waals surface area contributed by atoms with Crippen molar-refractivity contribution in [3.05, 3.63) is 200 Å². The average Bonchev–Trinajstić information content (AvgIpc) is 3.80. The molecule has 0 saturated heterocycles. The van der Waals surface area contributed by atoms with Crippen LogP contribution >= 0.6 is 0 Å². The molecule has 11 rings (SSSR count). The Hall–Kier alpha value is -7.63. The van der Waals surface area contributed by atoms with Crippen LogP contribution in [-0.2, 0) is 0 Å². The van der Waals surface area contributed by atoms with Crippen molar-refractivity contribution in [3.8, 4) is 56.7 Å². The van der Waals surface area contributed by atoms with Gasteiger partial charge in [-0.25, -0.2) is 4.98 Å². The van der Waals surface area contributed by atoms with Crippen LogP contribution in [0.1, 0.15) is 0 Å². The normalized spacial score (nSPS) is 11.6. The summed E-state index contributed by atoms with van der Waals surface area (Å²) in [6.07, 6.45) is 0. The highest BCUT2D eigenvalue weighted by atomic mass is 15.2. The van der Waals surface area contributed by atoms with Crippen molar-refractivity contribution in [1.82, 2.24) is 24.1 Å². The molecule has 0 radical (unpaired) electrons. The first-order valence-corrected chi connectivity index (χ1v) is 18.9. The van der Waals surface area contributed by atoms with Crippen molar-refractivity contribution in [2.24, 2.45) is 0 Å². The standard InChI is InChI=1S/C51H33N5/c1-4-15-34(16-5-1)35-27-29-36(30-28-35)38-19-14-20-39(33-38)50-52-49(37-17-6-2-7-18-37)53-51(54-50)56-44-25-12-10-23-41(44)42-31-32-46-47(48(42)56)43-24-11-13-26-45(43)55(46)40-21-8-3-9-22-40/h1-33H. The van der Waals surface area contributed by atoms with E-state index >= 15 is 0 Å². The third-order valence-corrected chi connectivity index (χ3v) is 10.8. The van der Waals surface area contributed by atoms with E-state index in [1.165, 1.54) is 16.5 Å². The summed E-state index contributed by atoms with van der Waals surface area (Å²) in [5.41, 5.74) is 11.9. The van der Waals surface area contributed by atoms with Gasteiger partial charge in [-0.05, 0) is 58.7 Å². The van der Waals surface area contributed by atoms with Gasteiger partial charge in [-0.2, -0.15) is 9.97 Å². The minimum Gasteiger partial charge on any atom is -0.309 e. The third kappa shape index (κ3) is 5.21. The molecule has 0 saturated carbocycles. The largest absolute Gasteiger partial charge is 0.309 e. The molecule has 56 heavy (non-hydrogen) atoms. The molecule has 5 nitrogen and oxygen atoms in total. The molecule has 11 aromatic rings. The lowest BCUT2D eigenvalue weighted by molar-refractivity contribution is 0.955. The molecule has 0 atom stereocenters. The van der Waals surface area contributed by atoms with Crippen LogP contribution in [-0.4, -0.2) is 24.1 Å². The summed E-state index contributed by atoms with van der Waals surface area (Å²) in [5.74, 6) is 1.80. The summed E-state index contributed by atoms with van der Waals surface area (Å²) in [4.78, 5) is 15.8. The first-order valence-electron chi connectivity index (χ1n) is 18.9. The lowest BCUT2D eigenvalue weighted by Crippen LogP contribution is -2.06. The number of fused-ring (bicyclic) bond motifs is 7. The summed E-state index contributed by atoms with van der Waals surface area (Å²) in [5, 5.41) is 4.62. The van der Waals surface area contributed by atoms with E-state index in [4.69, 9.17) is 15.0 Å². The third-order valence-electron chi connectivity index (χ3n) is 10.8. The number of benzene rings is 8. The zero-order valence-electron chi connectivity index (χ0n) is 30.3. The molecule has 8 aromatic carbocycles. The number of para-hydroxylation sites is 3. The molecule has 0 fully saturated rings. The number of nitrogens with zero attached hydrogens (tertiary/aromatic N) is 5. The molecule has 0 N–H and O–H groups in total. The van der Waals surface area contributed by atoms with Crippen LogP contribution in [0, 0.1) is 0 Å². The van der Waals surface area contributed by atoms with Crippen molar-refractivity contribution >= 4 is 43.6 Å². The quantitative estimate of drug-likeness (QED) is 0.172. The fourth-order valence-electron chi connectivity index (χ4n) is 8.21. The minimum absolute atomic E-state index is 0.571. The average molecular weight is 716 g/mol. The van der Waals surface area contributed by atoms with Gasteiger partial charge in [0.05, 0.1) is 22.1 Å². The van der Waals surface area contributed by atoms with E-state index in [9.17, 15) is 0 Å².